The highest BCUT2D eigenvalue weighted by molar-refractivity contribution is 5.48. The van der Waals surface area contributed by atoms with Gasteiger partial charge in [0.25, 0.3) is 0 Å². The van der Waals surface area contributed by atoms with Crippen LogP contribution in [-0.2, 0) is 6.61 Å². The van der Waals surface area contributed by atoms with Crippen molar-refractivity contribution < 1.29 is 4.74 Å². The fraction of sp³-hybridized carbons (Fsp3) is 0.250. The van der Waals surface area contributed by atoms with Crippen LogP contribution in [0.2, 0.25) is 0 Å². The maximum Gasteiger partial charge on any atom is 0.121 e. The summed E-state index contributed by atoms with van der Waals surface area (Å²) in [5.41, 5.74) is 7.71. The van der Waals surface area contributed by atoms with Gasteiger partial charge < -0.3 is 15.8 Å². The van der Waals surface area contributed by atoms with Crippen molar-refractivity contribution in [1.82, 2.24) is 0 Å². The molecule has 0 heterocycles. The van der Waals surface area contributed by atoms with E-state index < -0.39 is 0 Å². The predicted octanol–water partition coefficient (Wildman–Crippen LogP) is 3.03. The summed E-state index contributed by atoms with van der Waals surface area (Å²) in [6.45, 7) is 2.18. The fourth-order valence-corrected chi connectivity index (χ4v) is 1.77. The molecule has 2 rings (SSSR count). The summed E-state index contributed by atoms with van der Waals surface area (Å²) < 4.78 is 5.77. The summed E-state index contributed by atoms with van der Waals surface area (Å²) in [5, 5.41) is 3.32. The Kier molecular flexibility index (Phi) is 5.26. The first-order valence-corrected chi connectivity index (χ1v) is 6.59. The van der Waals surface area contributed by atoms with Gasteiger partial charge in [-0.05, 0) is 30.7 Å². The van der Waals surface area contributed by atoms with Crippen LogP contribution in [0, 0.1) is 0 Å². The number of rotatable bonds is 7. The van der Waals surface area contributed by atoms with Gasteiger partial charge in [-0.15, -0.1) is 0 Å². The Morgan fingerprint density at radius 3 is 2.63 bits per heavy atom. The molecule has 100 valence electrons. The molecule has 0 radical (unpaired) electrons. The molecule has 0 amide bonds. The Morgan fingerprint density at radius 2 is 1.84 bits per heavy atom. The quantitative estimate of drug-likeness (QED) is 0.749. The van der Waals surface area contributed by atoms with Crippen LogP contribution < -0.4 is 15.8 Å². The third kappa shape index (κ3) is 4.64. The van der Waals surface area contributed by atoms with Crippen molar-refractivity contribution in [3.8, 4) is 5.75 Å². The first-order chi connectivity index (χ1) is 9.38. The summed E-state index contributed by atoms with van der Waals surface area (Å²) in [7, 11) is 0. The lowest BCUT2D eigenvalue weighted by Gasteiger charge is -2.09. The van der Waals surface area contributed by atoms with Crippen LogP contribution in [0.3, 0.4) is 0 Å². The Balaban J connectivity index is 1.88. The lowest BCUT2D eigenvalue weighted by Crippen LogP contribution is -2.08. The van der Waals surface area contributed by atoms with Gasteiger partial charge in [-0.3, -0.25) is 0 Å². The molecule has 0 aliphatic heterocycles. The molecule has 3 N–H and O–H groups in total. The van der Waals surface area contributed by atoms with Gasteiger partial charge >= 0.3 is 0 Å². The molecule has 0 aliphatic rings. The monoisotopic (exact) mass is 256 g/mol. The fourth-order valence-electron chi connectivity index (χ4n) is 1.77. The normalized spacial score (nSPS) is 10.2. The number of nitrogens with two attached hydrogens (primary N) is 1. The topological polar surface area (TPSA) is 47.3 Å². The van der Waals surface area contributed by atoms with Crippen molar-refractivity contribution in [2.24, 2.45) is 5.73 Å². The molecule has 0 aliphatic carbocycles. The highest BCUT2D eigenvalue weighted by Gasteiger charge is 1.97. The highest BCUT2D eigenvalue weighted by Crippen LogP contribution is 2.18. The number of hydrogen-bond acceptors (Lipinski definition) is 3. The molecule has 2 aromatic rings. The molecule has 3 nitrogen and oxygen atoms in total. The van der Waals surface area contributed by atoms with E-state index in [1.807, 2.05) is 42.5 Å². The van der Waals surface area contributed by atoms with Crippen LogP contribution in [0.15, 0.2) is 54.6 Å². The minimum atomic E-state index is 0.590. The Morgan fingerprint density at radius 1 is 1.00 bits per heavy atom. The first-order valence-electron chi connectivity index (χ1n) is 6.59. The summed E-state index contributed by atoms with van der Waals surface area (Å²) in [4.78, 5) is 0. The molecule has 0 spiro atoms. The molecule has 0 atom stereocenters. The minimum Gasteiger partial charge on any atom is -0.489 e. The average Bonchev–Trinajstić information content (AvgIpc) is 2.47. The number of anilines is 1. The number of ether oxygens (including phenoxy) is 1. The van der Waals surface area contributed by atoms with Crippen LogP contribution in [-0.4, -0.2) is 13.1 Å². The van der Waals surface area contributed by atoms with E-state index in [-0.39, 0.29) is 0 Å². The van der Waals surface area contributed by atoms with Crippen molar-refractivity contribution >= 4 is 5.69 Å². The van der Waals surface area contributed by atoms with Crippen molar-refractivity contribution in [3.63, 3.8) is 0 Å². The van der Waals surface area contributed by atoms with Crippen LogP contribution in [0.1, 0.15) is 12.0 Å². The Hall–Kier alpha value is -2.00. The highest BCUT2D eigenvalue weighted by atomic mass is 16.5. The van der Waals surface area contributed by atoms with E-state index in [4.69, 9.17) is 10.5 Å². The lowest BCUT2D eigenvalue weighted by atomic mass is 10.2. The zero-order valence-electron chi connectivity index (χ0n) is 11.0. The number of nitrogens with one attached hydrogen (secondary N) is 1. The lowest BCUT2D eigenvalue weighted by molar-refractivity contribution is 0.306. The SMILES string of the molecule is NCCCNc1cccc(OCc2ccccc2)c1. The third-order valence-electron chi connectivity index (χ3n) is 2.79. The van der Waals surface area contributed by atoms with E-state index >= 15 is 0 Å². The van der Waals surface area contributed by atoms with Gasteiger partial charge in [0, 0.05) is 18.3 Å². The summed E-state index contributed by atoms with van der Waals surface area (Å²) in [5.74, 6) is 0.876. The van der Waals surface area contributed by atoms with Crippen LogP contribution in [0.25, 0.3) is 0 Å². The molecule has 3 heteroatoms. The second-order valence-corrected chi connectivity index (χ2v) is 4.37. The minimum absolute atomic E-state index is 0.590. The van der Waals surface area contributed by atoms with Crippen molar-refractivity contribution in [1.29, 1.82) is 0 Å². The summed E-state index contributed by atoms with van der Waals surface area (Å²) in [6, 6.07) is 18.2. The number of benzene rings is 2. The third-order valence-corrected chi connectivity index (χ3v) is 2.79. The van der Waals surface area contributed by atoms with Gasteiger partial charge in [-0.1, -0.05) is 36.4 Å². The van der Waals surface area contributed by atoms with E-state index in [2.05, 4.69) is 17.4 Å². The van der Waals surface area contributed by atoms with Gasteiger partial charge in [-0.25, -0.2) is 0 Å². The molecule has 0 saturated heterocycles. The van der Waals surface area contributed by atoms with Gasteiger partial charge in [-0.2, -0.15) is 0 Å². The molecule has 19 heavy (non-hydrogen) atoms. The second-order valence-electron chi connectivity index (χ2n) is 4.37. The molecular weight excluding hydrogens is 236 g/mol. The van der Waals surface area contributed by atoms with Crippen molar-refractivity contribution in [2.45, 2.75) is 13.0 Å². The summed E-state index contributed by atoms with van der Waals surface area (Å²) >= 11 is 0. The van der Waals surface area contributed by atoms with Crippen LogP contribution in [0.4, 0.5) is 5.69 Å². The molecular formula is C16H20N2O. The standard InChI is InChI=1S/C16H20N2O/c17-10-5-11-18-15-8-4-9-16(12-15)19-13-14-6-2-1-3-7-14/h1-4,6-9,12,18H,5,10-11,13,17H2. The van der Waals surface area contributed by atoms with Gasteiger partial charge in [0.1, 0.15) is 12.4 Å². The number of hydrogen-bond donors (Lipinski definition) is 2. The zero-order valence-corrected chi connectivity index (χ0v) is 11.0. The van der Waals surface area contributed by atoms with Crippen molar-refractivity contribution in [3.05, 3.63) is 60.2 Å². The molecule has 0 unspecified atom stereocenters. The average molecular weight is 256 g/mol. The van der Waals surface area contributed by atoms with Crippen molar-refractivity contribution in [2.75, 3.05) is 18.4 Å². The first kappa shape index (κ1) is 13.4. The molecule has 0 saturated carbocycles. The molecule has 0 aromatic heterocycles. The zero-order chi connectivity index (χ0) is 13.3. The largest absolute Gasteiger partial charge is 0.489 e. The van der Waals surface area contributed by atoms with E-state index in [1.165, 1.54) is 5.56 Å². The Labute approximate surface area is 114 Å². The maximum atomic E-state index is 5.77. The molecule has 2 aromatic carbocycles. The van der Waals surface area contributed by atoms with Gasteiger partial charge in [0.2, 0.25) is 0 Å². The van der Waals surface area contributed by atoms with E-state index in [0.717, 1.165) is 24.4 Å². The summed E-state index contributed by atoms with van der Waals surface area (Å²) in [6.07, 6.45) is 0.967. The second kappa shape index (κ2) is 7.44. The van der Waals surface area contributed by atoms with Crippen LogP contribution >= 0.6 is 0 Å². The van der Waals surface area contributed by atoms with Gasteiger partial charge in [0.15, 0.2) is 0 Å². The van der Waals surface area contributed by atoms with E-state index in [0.29, 0.717) is 13.2 Å². The predicted molar refractivity (Wildman–Crippen MR) is 79.4 cm³/mol. The van der Waals surface area contributed by atoms with E-state index in [1.54, 1.807) is 0 Å². The maximum absolute atomic E-state index is 5.77. The molecule has 0 fully saturated rings. The smallest absolute Gasteiger partial charge is 0.121 e. The Bertz CT molecular complexity index is 485. The van der Waals surface area contributed by atoms with Gasteiger partial charge in [0.05, 0.1) is 0 Å². The van der Waals surface area contributed by atoms with E-state index in [9.17, 15) is 0 Å². The van der Waals surface area contributed by atoms with Crippen LogP contribution in [0.5, 0.6) is 5.75 Å². The molecule has 0 bridgehead atoms.